The van der Waals surface area contributed by atoms with Gasteiger partial charge in [-0.2, -0.15) is 0 Å². The Hall–Kier alpha value is -3.11. The fourth-order valence-corrected chi connectivity index (χ4v) is 3.92. The van der Waals surface area contributed by atoms with E-state index in [9.17, 15) is 19.2 Å². The molecule has 0 aliphatic carbocycles. The van der Waals surface area contributed by atoms with Crippen LogP contribution >= 0.6 is 27.7 Å². The van der Waals surface area contributed by atoms with Gasteiger partial charge in [0.15, 0.2) is 6.61 Å². The lowest BCUT2D eigenvalue weighted by molar-refractivity contribution is -0.143. The van der Waals surface area contributed by atoms with Crippen molar-refractivity contribution in [2.75, 3.05) is 25.6 Å². The lowest BCUT2D eigenvalue weighted by Gasteiger charge is -2.10. The SMILES string of the molecule is COC(=O)CN1C(=O)S/C(=C\c2ccc(OCC(=O)Nc3ccccc3)c(Br)c2)C1=O. The van der Waals surface area contributed by atoms with Gasteiger partial charge in [-0.3, -0.25) is 24.1 Å². The number of nitrogens with zero attached hydrogens (tertiary/aromatic N) is 1. The standard InChI is InChI=1S/C21H17BrN2O6S/c1-29-19(26)11-24-20(27)17(31-21(24)28)10-13-7-8-16(15(22)9-13)30-12-18(25)23-14-5-3-2-4-6-14/h2-10H,11-12H2,1H3,(H,23,25)/b17-10-. The summed E-state index contributed by atoms with van der Waals surface area (Å²) in [6.07, 6.45) is 1.54. The molecule has 1 heterocycles. The molecule has 31 heavy (non-hydrogen) atoms. The van der Waals surface area contributed by atoms with Crippen LogP contribution in [0.3, 0.4) is 0 Å². The largest absolute Gasteiger partial charge is 0.483 e. The Morgan fingerprint density at radius 3 is 2.58 bits per heavy atom. The van der Waals surface area contributed by atoms with Crippen molar-refractivity contribution >= 4 is 62.5 Å². The summed E-state index contributed by atoms with van der Waals surface area (Å²) in [4.78, 5) is 48.8. The van der Waals surface area contributed by atoms with Gasteiger partial charge < -0.3 is 14.8 Å². The summed E-state index contributed by atoms with van der Waals surface area (Å²) in [6.45, 7) is -0.612. The summed E-state index contributed by atoms with van der Waals surface area (Å²) in [5, 5.41) is 2.19. The molecule has 0 radical (unpaired) electrons. The molecule has 0 aromatic heterocycles. The summed E-state index contributed by atoms with van der Waals surface area (Å²) in [5.41, 5.74) is 1.31. The zero-order valence-electron chi connectivity index (χ0n) is 16.3. The summed E-state index contributed by atoms with van der Waals surface area (Å²) in [7, 11) is 1.18. The smallest absolute Gasteiger partial charge is 0.325 e. The van der Waals surface area contributed by atoms with E-state index in [0.29, 0.717) is 21.5 Å². The van der Waals surface area contributed by atoms with Gasteiger partial charge in [0.2, 0.25) is 0 Å². The van der Waals surface area contributed by atoms with Crippen molar-refractivity contribution in [2.24, 2.45) is 0 Å². The lowest BCUT2D eigenvalue weighted by atomic mass is 10.2. The van der Waals surface area contributed by atoms with Crippen LogP contribution in [0.2, 0.25) is 0 Å². The first-order chi connectivity index (χ1) is 14.9. The number of methoxy groups -OCH3 is 1. The first-order valence-electron chi connectivity index (χ1n) is 8.97. The summed E-state index contributed by atoms with van der Waals surface area (Å²) >= 11 is 4.12. The van der Waals surface area contributed by atoms with Gasteiger partial charge in [0, 0.05) is 5.69 Å². The van der Waals surface area contributed by atoms with Crippen molar-refractivity contribution in [1.82, 2.24) is 4.90 Å². The number of hydrogen-bond acceptors (Lipinski definition) is 7. The maximum atomic E-state index is 12.4. The number of esters is 1. The number of anilines is 1. The molecule has 1 N–H and O–H groups in total. The Morgan fingerprint density at radius 1 is 1.16 bits per heavy atom. The van der Waals surface area contributed by atoms with E-state index in [1.165, 1.54) is 7.11 Å². The molecule has 0 saturated carbocycles. The molecule has 0 bridgehead atoms. The van der Waals surface area contributed by atoms with Gasteiger partial charge in [0.25, 0.3) is 17.1 Å². The molecule has 1 aliphatic rings. The van der Waals surface area contributed by atoms with E-state index >= 15 is 0 Å². The third kappa shape index (κ3) is 5.96. The number of amides is 3. The maximum absolute atomic E-state index is 12.4. The third-order valence-corrected chi connectivity index (χ3v) is 5.59. The number of para-hydroxylation sites is 1. The highest BCUT2D eigenvalue weighted by atomic mass is 79.9. The van der Waals surface area contributed by atoms with E-state index in [1.807, 2.05) is 18.2 Å². The Bertz CT molecular complexity index is 1060. The number of rotatable bonds is 7. The fourth-order valence-electron chi connectivity index (χ4n) is 2.57. The predicted molar refractivity (Wildman–Crippen MR) is 119 cm³/mol. The number of imide groups is 1. The Morgan fingerprint density at radius 2 is 1.90 bits per heavy atom. The number of carbonyl (C=O) groups excluding carboxylic acids is 4. The van der Waals surface area contributed by atoms with E-state index < -0.39 is 23.7 Å². The number of halogens is 1. The minimum Gasteiger partial charge on any atom is -0.483 e. The average Bonchev–Trinajstić information content (AvgIpc) is 3.01. The molecule has 3 rings (SSSR count). The van der Waals surface area contributed by atoms with Gasteiger partial charge in [-0.05, 0) is 63.6 Å². The highest BCUT2D eigenvalue weighted by Gasteiger charge is 2.36. The normalized spacial score (nSPS) is 14.6. The molecular weight excluding hydrogens is 488 g/mol. The van der Waals surface area contributed by atoms with Crippen LogP contribution in [-0.2, 0) is 19.1 Å². The van der Waals surface area contributed by atoms with E-state index in [0.717, 1.165) is 16.7 Å². The maximum Gasteiger partial charge on any atom is 0.325 e. The van der Waals surface area contributed by atoms with E-state index in [1.54, 1.807) is 36.4 Å². The molecule has 3 amide bonds. The van der Waals surface area contributed by atoms with Crippen LogP contribution in [-0.4, -0.2) is 48.2 Å². The second-order valence-electron chi connectivity index (χ2n) is 6.24. The van der Waals surface area contributed by atoms with Crippen LogP contribution in [0, 0.1) is 0 Å². The first-order valence-corrected chi connectivity index (χ1v) is 10.6. The van der Waals surface area contributed by atoms with Crippen LogP contribution in [0.5, 0.6) is 5.75 Å². The number of nitrogens with one attached hydrogen (secondary N) is 1. The third-order valence-electron chi connectivity index (χ3n) is 4.06. The molecule has 2 aromatic carbocycles. The molecule has 160 valence electrons. The molecule has 0 unspecified atom stereocenters. The Balaban J connectivity index is 1.63. The minimum atomic E-state index is -0.677. The van der Waals surface area contributed by atoms with Gasteiger partial charge in [-0.15, -0.1) is 0 Å². The molecule has 2 aromatic rings. The number of thioether (sulfide) groups is 1. The van der Waals surface area contributed by atoms with Gasteiger partial charge >= 0.3 is 5.97 Å². The summed E-state index contributed by atoms with van der Waals surface area (Å²) < 4.78 is 10.6. The number of hydrogen-bond donors (Lipinski definition) is 1. The molecule has 8 nitrogen and oxygen atoms in total. The monoisotopic (exact) mass is 504 g/mol. The number of ether oxygens (including phenoxy) is 2. The zero-order valence-corrected chi connectivity index (χ0v) is 18.7. The van der Waals surface area contributed by atoms with Gasteiger partial charge in [-0.1, -0.05) is 24.3 Å². The van der Waals surface area contributed by atoms with Crippen molar-refractivity contribution in [2.45, 2.75) is 0 Å². The number of carbonyl (C=O) groups is 4. The van der Waals surface area contributed by atoms with Crippen LogP contribution in [0.25, 0.3) is 6.08 Å². The Labute approximate surface area is 190 Å². The molecule has 0 atom stereocenters. The molecule has 1 aliphatic heterocycles. The second-order valence-corrected chi connectivity index (χ2v) is 8.08. The van der Waals surface area contributed by atoms with Crippen LogP contribution in [0.4, 0.5) is 10.5 Å². The van der Waals surface area contributed by atoms with Crippen molar-refractivity contribution in [3.63, 3.8) is 0 Å². The summed E-state index contributed by atoms with van der Waals surface area (Å²) in [6, 6.07) is 14.0. The second kappa shape index (κ2) is 10.3. The highest BCUT2D eigenvalue weighted by Crippen LogP contribution is 2.33. The Kier molecular flexibility index (Phi) is 7.48. The average molecular weight is 505 g/mol. The molecule has 0 spiro atoms. The highest BCUT2D eigenvalue weighted by molar-refractivity contribution is 9.10. The van der Waals surface area contributed by atoms with Crippen molar-refractivity contribution in [3.8, 4) is 5.75 Å². The quantitative estimate of drug-likeness (QED) is 0.453. The van der Waals surface area contributed by atoms with Gasteiger partial charge in [0.1, 0.15) is 12.3 Å². The van der Waals surface area contributed by atoms with Gasteiger partial charge in [0.05, 0.1) is 16.5 Å². The summed E-state index contributed by atoms with van der Waals surface area (Å²) in [5.74, 6) is -1.10. The van der Waals surface area contributed by atoms with E-state index in [2.05, 4.69) is 26.0 Å². The van der Waals surface area contributed by atoms with E-state index in [4.69, 9.17) is 4.74 Å². The van der Waals surface area contributed by atoms with Crippen molar-refractivity contribution in [1.29, 1.82) is 0 Å². The fraction of sp³-hybridized carbons (Fsp3) is 0.143. The van der Waals surface area contributed by atoms with Crippen molar-refractivity contribution in [3.05, 3.63) is 63.5 Å². The lowest BCUT2D eigenvalue weighted by Crippen LogP contribution is -2.34. The number of benzene rings is 2. The van der Waals surface area contributed by atoms with E-state index in [-0.39, 0.29) is 17.4 Å². The topological polar surface area (TPSA) is 102 Å². The predicted octanol–water partition coefficient (Wildman–Crippen LogP) is 3.68. The molecule has 1 saturated heterocycles. The minimum absolute atomic E-state index is 0.181. The van der Waals surface area contributed by atoms with Crippen LogP contribution < -0.4 is 10.1 Å². The van der Waals surface area contributed by atoms with Crippen LogP contribution in [0.15, 0.2) is 57.9 Å². The zero-order chi connectivity index (χ0) is 22.4. The first kappa shape index (κ1) is 22.6. The molecule has 1 fully saturated rings. The van der Waals surface area contributed by atoms with Crippen LogP contribution in [0.1, 0.15) is 5.56 Å². The van der Waals surface area contributed by atoms with Crippen molar-refractivity contribution < 1.29 is 28.7 Å². The molecular formula is C21H17BrN2O6S. The van der Waals surface area contributed by atoms with Gasteiger partial charge in [-0.25, -0.2) is 0 Å². The molecule has 10 heteroatoms.